The summed E-state index contributed by atoms with van der Waals surface area (Å²) in [6.07, 6.45) is 0.922. The van der Waals surface area contributed by atoms with Crippen LogP contribution in [0.3, 0.4) is 0 Å². The molecule has 0 aromatic heterocycles. The first kappa shape index (κ1) is 31.6. The molecule has 0 aliphatic heterocycles. The Bertz CT molecular complexity index is 629. The molecule has 8 N–H and O–H groups in total. The van der Waals surface area contributed by atoms with E-state index in [9.17, 15) is 29.1 Å². The van der Waals surface area contributed by atoms with E-state index in [1.807, 2.05) is 0 Å². The number of hydrogen-bond acceptors (Lipinski definition) is 8. The highest BCUT2D eigenvalue weighted by molar-refractivity contribution is 5.93. The maximum Gasteiger partial charge on any atom is 0.329 e. The zero-order valence-corrected chi connectivity index (χ0v) is 19.3. The zero-order chi connectivity index (χ0) is 24.0. The Labute approximate surface area is 189 Å². The molecule has 0 unspecified atom stereocenters. The Morgan fingerprint density at radius 3 is 2.00 bits per heavy atom. The number of aliphatic hydroxyl groups excluding tert-OH is 1. The lowest BCUT2D eigenvalue weighted by Gasteiger charge is -2.23. The van der Waals surface area contributed by atoms with E-state index in [0.717, 1.165) is 0 Å². The minimum atomic E-state index is -1.33. The standard InChI is InChI=1S/C20H36N4O7.H2N/c1-5-14(22-17(27)6-2)20(30)31-13(4)18(28)24-16(11-25)19(29)23-15(12(3)26)9-7-8-10-21;/h13-16,25H,5-11,21H2,1-4H3,(H,22,27)(H,23,29)(H,24,28);1H2/q;-1/t13-,14+,15+,16-;/m0./s1. The van der Waals surface area contributed by atoms with E-state index in [-0.39, 0.29) is 30.7 Å². The molecule has 0 spiro atoms. The summed E-state index contributed by atoms with van der Waals surface area (Å²) in [5.41, 5.74) is 5.43. The third kappa shape index (κ3) is 11.7. The van der Waals surface area contributed by atoms with Gasteiger partial charge in [0.15, 0.2) is 11.9 Å². The van der Waals surface area contributed by atoms with Crippen LogP contribution in [-0.2, 0) is 28.7 Å². The lowest BCUT2D eigenvalue weighted by atomic mass is 10.1. The van der Waals surface area contributed by atoms with Crippen molar-refractivity contribution in [2.24, 2.45) is 5.73 Å². The van der Waals surface area contributed by atoms with Crippen LogP contribution in [0.15, 0.2) is 0 Å². The highest BCUT2D eigenvalue weighted by Crippen LogP contribution is 2.04. The smallest absolute Gasteiger partial charge is 0.329 e. The lowest BCUT2D eigenvalue weighted by Crippen LogP contribution is -2.55. The van der Waals surface area contributed by atoms with Crippen molar-refractivity contribution in [2.75, 3.05) is 13.2 Å². The van der Waals surface area contributed by atoms with Gasteiger partial charge in [-0.3, -0.25) is 19.2 Å². The minimum absolute atomic E-state index is 0. The van der Waals surface area contributed by atoms with E-state index in [1.54, 1.807) is 13.8 Å². The van der Waals surface area contributed by atoms with Gasteiger partial charge in [0.2, 0.25) is 11.8 Å². The van der Waals surface area contributed by atoms with Crippen molar-refractivity contribution in [2.45, 2.75) is 84.0 Å². The fourth-order valence-corrected chi connectivity index (χ4v) is 2.56. The average molecular weight is 461 g/mol. The number of hydrogen-bond donors (Lipinski definition) is 5. The van der Waals surface area contributed by atoms with E-state index in [0.29, 0.717) is 25.8 Å². The summed E-state index contributed by atoms with van der Waals surface area (Å²) >= 11 is 0. The summed E-state index contributed by atoms with van der Waals surface area (Å²) in [5, 5.41) is 16.8. The SMILES string of the molecule is CCC(=O)N[C@H](CC)C(=O)O[C@@H](C)C(=O)N[C@@H](CO)C(=O)N[C@H](CCCCN)C(C)=O.[NH2-]. The van der Waals surface area contributed by atoms with Crippen molar-refractivity contribution in [1.82, 2.24) is 16.0 Å². The fraction of sp³-hybridized carbons (Fsp3) is 0.750. The first-order valence-electron chi connectivity index (χ1n) is 10.5. The Kier molecular flexibility index (Phi) is 16.8. The number of unbranched alkanes of at least 4 members (excludes halogenated alkanes) is 1. The van der Waals surface area contributed by atoms with Crippen LogP contribution in [0.25, 0.3) is 6.15 Å². The van der Waals surface area contributed by atoms with E-state index >= 15 is 0 Å². The number of amides is 3. The maximum absolute atomic E-state index is 12.4. The van der Waals surface area contributed by atoms with Crippen molar-refractivity contribution in [3.8, 4) is 0 Å². The van der Waals surface area contributed by atoms with Crippen LogP contribution in [0.4, 0.5) is 0 Å². The van der Waals surface area contributed by atoms with Gasteiger partial charge < -0.3 is 37.7 Å². The molecule has 12 heteroatoms. The van der Waals surface area contributed by atoms with Crippen LogP contribution in [0.5, 0.6) is 0 Å². The highest BCUT2D eigenvalue weighted by Gasteiger charge is 2.29. The number of nitrogens with two attached hydrogens (primary N) is 2. The highest BCUT2D eigenvalue weighted by atomic mass is 16.5. The topological polar surface area (TPSA) is 210 Å². The number of nitrogens with one attached hydrogen (secondary N) is 3. The van der Waals surface area contributed by atoms with Gasteiger partial charge in [0.05, 0.1) is 12.6 Å². The monoisotopic (exact) mass is 460 g/mol. The first-order chi connectivity index (χ1) is 14.6. The minimum Gasteiger partial charge on any atom is -0.693 e. The number of ketones is 1. The normalized spacial score (nSPS) is 14.1. The third-order valence-corrected chi connectivity index (χ3v) is 4.58. The molecule has 0 aromatic carbocycles. The molecule has 0 aliphatic carbocycles. The first-order valence-corrected chi connectivity index (χ1v) is 10.5. The van der Waals surface area contributed by atoms with Crippen molar-refractivity contribution >= 4 is 29.5 Å². The molecule has 0 aliphatic rings. The predicted molar refractivity (Wildman–Crippen MR) is 118 cm³/mol. The van der Waals surface area contributed by atoms with Gasteiger partial charge in [-0.2, -0.15) is 0 Å². The summed E-state index contributed by atoms with van der Waals surface area (Å²) < 4.78 is 5.08. The quantitative estimate of drug-likeness (QED) is 0.160. The largest absolute Gasteiger partial charge is 0.693 e. The van der Waals surface area contributed by atoms with Crippen LogP contribution in [0.2, 0.25) is 0 Å². The lowest BCUT2D eigenvalue weighted by molar-refractivity contribution is -0.158. The van der Waals surface area contributed by atoms with Gasteiger partial charge in [0.1, 0.15) is 12.1 Å². The molecule has 32 heavy (non-hydrogen) atoms. The molecule has 0 saturated carbocycles. The molecule has 3 amide bonds. The number of aliphatic hydroxyl groups is 1. The summed E-state index contributed by atoms with van der Waals surface area (Å²) in [5.74, 6) is -2.90. The van der Waals surface area contributed by atoms with Gasteiger partial charge >= 0.3 is 5.97 Å². The van der Waals surface area contributed by atoms with Gasteiger partial charge in [0, 0.05) is 6.42 Å². The van der Waals surface area contributed by atoms with Gasteiger partial charge in [-0.05, 0) is 46.1 Å². The number of carbonyl (C=O) groups is 5. The number of carbonyl (C=O) groups excluding carboxylic acids is 5. The Morgan fingerprint density at radius 1 is 0.938 bits per heavy atom. The van der Waals surface area contributed by atoms with Crippen LogP contribution in [-0.4, -0.2) is 72.0 Å². The molecule has 0 aromatic rings. The molecular weight excluding hydrogens is 422 g/mol. The molecule has 12 nitrogen and oxygen atoms in total. The second kappa shape index (κ2) is 17.0. The molecular formula is C20H38N5O7-. The van der Waals surface area contributed by atoms with E-state index in [1.165, 1.54) is 13.8 Å². The summed E-state index contributed by atoms with van der Waals surface area (Å²) in [6.45, 7) is 5.71. The Hall–Kier alpha value is -2.57. The van der Waals surface area contributed by atoms with Gasteiger partial charge in [-0.15, -0.1) is 0 Å². The van der Waals surface area contributed by atoms with Gasteiger partial charge in [-0.25, -0.2) is 4.79 Å². The number of ether oxygens (including phenoxy) is 1. The predicted octanol–water partition coefficient (Wildman–Crippen LogP) is -0.380. The van der Waals surface area contributed by atoms with Crippen molar-refractivity contribution in [1.29, 1.82) is 0 Å². The molecule has 0 radical (unpaired) electrons. The van der Waals surface area contributed by atoms with E-state index < -0.39 is 48.6 Å². The van der Waals surface area contributed by atoms with Crippen LogP contribution >= 0.6 is 0 Å². The summed E-state index contributed by atoms with van der Waals surface area (Å²) in [6, 6.07) is -2.98. The second-order valence-electron chi connectivity index (χ2n) is 7.16. The number of Topliss-reactive ketones (excluding diaryl/α,β-unsaturated/α-hetero) is 1. The fourth-order valence-electron chi connectivity index (χ4n) is 2.56. The molecule has 0 saturated heterocycles. The molecule has 0 bridgehead atoms. The molecule has 0 heterocycles. The second-order valence-corrected chi connectivity index (χ2v) is 7.16. The molecule has 4 atom stereocenters. The Morgan fingerprint density at radius 2 is 1.53 bits per heavy atom. The average Bonchev–Trinajstić information content (AvgIpc) is 2.74. The molecule has 186 valence electrons. The molecule has 0 rings (SSSR count). The van der Waals surface area contributed by atoms with E-state index in [2.05, 4.69) is 16.0 Å². The number of rotatable bonds is 15. The summed E-state index contributed by atoms with van der Waals surface area (Å²) in [7, 11) is 0. The van der Waals surface area contributed by atoms with Gasteiger partial charge in [-0.1, -0.05) is 13.8 Å². The van der Waals surface area contributed by atoms with Gasteiger partial charge in [0.25, 0.3) is 5.91 Å². The van der Waals surface area contributed by atoms with E-state index in [4.69, 9.17) is 10.5 Å². The summed E-state index contributed by atoms with van der Waals surface area (Å²) in [4.78, 5) is 60.1. The van der Waals surface area contributed by atoms with Crippen LogP contribution in [0, 0.1) is 0 Å². The van der Waals surface area contributed by atoms with Crippen molar-refractivity contribution in [3.05, 3.63) is 6.15 Å². The van der Waals surface area contributed by atoms with Crippen molar-refractivity contribution in [3.63, 3.8) is 0 Å². The van der Waals surface area contributed by atoms with Crippen molar-refractivity contribution < 1.29 is 33.8 Å². The maximum atomic E-state index is 12.4. The molecule has 0 fully saturated rings. The number of esters is 1. The third-order valence-electron chi connectivity index (χ3n) is 4.58. The Balaban J connectivity index is 0. The van der Waals surface area contributed by atoms with Crippen LogP contribution in [0.1, 0.15) is 59.8 Å². The zero-order valence-electron chi connectivity index (χ0n) is 19.3. The van der Waals surface area contributed by atoms with Crippen LogP contribution < -0.4 is 21.7 Å².